The monoisotopic (exact) mass is 394 g/mol. The molecule has 0 radical (unpaired) electrons. The van der Waals surface area contributed by atoms with Crippen molar-refractivity contribution in [2.75, 3.05) is 0 Å². The van der Waals surface area contributed by atoms with E-state index in [4.69, 9.17) is 0 Å². The maximum Gasteiger partial charge on any atom is 0.260 e. The van der Waals surface area contributed by atoms with Gasteiger partial charge in [0.2, 0.25) is 11.8 Å². The van der Waals surface area contributed by atoms with E-state index in [1.807, 2.05) is 0 Å². The highest BCUT2D eigenvalue weighted by Crippen LogP contribution is 2.54. The molecule has 2 heterocycles. The zero-order valence-electron chi connectivity index (χ0n) is 15.2. The lowest BCUT2D eigenvalue weighted by molar-refractivity contribution is -0.168. The summed E-state index contributed by atoms with van der Waals surface area (Å²) in [5.41, 5.74) is -6.75. The molecule has 8 nitrogen and oxygen atoms in total. The summed E-state index contributed by atoms with van der Waals surface area (Å²) < 4.78 is 0. The van der Waals surface area contributed by atoms with Crippen molar-refractivity contribution in [1.82, 2.24) is 10.6 Å². The molecule has 0 bridgehead atoms. The molecule has 0 saturated carbocycles. The summed E-state index contributed by atoms with van der Waals surface area (Å²) in [5, 5.41) is 27.5. The van der Waals surface area contributed by atoms with Crippen LogP contribution in [0, 0.1) is 0 Å². The van der Waals surface area contributed by atoms with Gasteiger partial charge in [0.05, 0.1) is 18.3 Å². The second kappa shape index (κ2) is 6.33. The van der Waals surface area contributed by atoms with Crippen LogP contribution in [-0.4, -0.2) is 45.0 Å². The Labute approximate surface area is 165 Å². The van der Waals surface area contributed by atoms with Gasteiger partial charge in [0.15, 0.2) is 11.2 Å². The van der Waals surface area contributed by atoms with Gasteiger partial charge in [-0.15, -0.1) is 0 Å². The maximum atomic E-state index is 12.9. The maximum absolute atomic E-state index is 12.9. The zero-order chi connectivity index (χ0) is 20.9. The van der Waals surface area contributed by atoms with Crippen molar-refractivity contribution < 1.29 is 29.4 Å². The Kier molecular flexibility index (Phi) is 4.14. The third-order valence-corrected chi connectivity index (χ3v) is 5.74. The lowest BCUT2D eigenvalue weighted by atomic mass is 9.53. The SMILES string of the molecule is O=C1CC(O)(C(c2ccccc2)(c2ccccc2)C2(O)CC(=O)NC2=O)C(=O)N1. The highest BCUT2D eigenvalue weighted by molar-refractivity contribution is 6.13. The van der Waals surface area contributed by atoms with Crippen molar-refractivity contribution in [1.29, 1.82) is 0 Å². The Hall–Kier alpha value is -3.36. The Morgan fingerprint density at radius 1 is 0.655 bits per heavy atom. The van der Waals surface area contributed by atoms with Crippen molar-refractivity contribution in [3.63, 3.8) is 0 Å². The summed E-state index contributed by atoms with van der Waals surface area (Å²) in [6.45, 7) is 0. The van der Waals surface area contributed by atoms with E-state index in [-0.39, 0.29) is 11.1 Å². The molecule has 2 fully saturated rings. The molecule has 0 spiro atoms. The smallest absolute Gasteiger partial charge is 0.260 e. The van der Waals surface area contributed by atoms with Crippen LogP contribution in [0.4, 0.5) is 0 Å². The molecule has 2 atom stereocenters. The highest BCUT2D eigenvalue weighted by atomic mass is 16.3. The first-order chi connectivity index (χ1) is 13.8. The molecule has 0 aromatic heterocycles. The Morgan fingerprint density at radius 2 is 1.00 bits per heavy atom. The summed E-state index contributed by atoms with van der Waals surface area (Å²) in [5.74, 6) is -3.59. The van der Waals surface area contributed by atoms with Crippen molar-refractivity contribution in [2.45, 2.75) is 29.5 Å². The Bertz CT molecular complexity index is 938. The van der Waals surface area contributed by atoms with Crippen molar-refractivity contribution in [2.24, 2.45) is 0 Å². The summed E-state index contributed by atoms with van der Waals surface area (Å²) in [6, 6.07) is 16.0. The van der Waals surface area contributed by atoms with Gasteiger partial charge in [-0.25, -0.2) is 0 Å². The molecule has 4 N–H and O–H groups in total. The Balaban J connectivity index is 2.16. The third kappa shape index (κ3) is 2.39. The van der Waals surface area contributed by atoms with Gasteiger partial charge >= 0.3 is 0 Å². The summed E-state index contributed by atoms with van der Waals surface area (Å²) in [4.78, 5) is 50.0. The topological polar surface area (TPSA) is 133 Å². The van der Waals surface area contributed by atoms with Gasteiger partial charge < -0.3 is 10.2 Å². The molecule has 2 aromatic rings. The minimum absolute atomic E-state index is 0.214. The molecule has 8 heteroatoms. The van der Waals surface area contributed by atoms with Crippen LogP contribution in [0.3, 0.4) is 0 Å². The normalized spacial score (nSPS) is 27.1. The number of carbonyl (C=O) groups excluding carboxylic acids is 4. The molecule has 2 saturated heterocycles. The third-order valence-electron chi connectivity index (χ3n) is 5.74. The fourth-order valence-electron chi connectivity index (χ4n) is 4.62. The molecule has 4 rings (SSSR count). The summed E-state index contributed by atoms with van der Waals surface area (Å²) >= 11 is 0. The first kappa shape index (κ1) is 19.0. The molecule has 2 aliphatic heterocycles. The van der Waals surface area contributed by atoms with Gasteiger partial charge in [0.25, 0.3) is 11.8 Å². The molecular weight excluding hydrogens is 376 g/mol. The highest BCUT2D eigenvalue weighted by Gasteiger charge is 2.74. The fourth-order valence-corrected chi connectivity index (χ4v) is 4.62. The largest absolute Gasteiger partial charge is 0.378 e. The van der Waals surface area contributed by atoms with Gasteiger partial charge in [-0.3, -0.25) is 29.8 Å². The average Bonchev–Trinajstić information content (AvgIpc) is 3.11. The molecule has 148 valence electrons. The number of rotatable bonds is 4. The van der Waals surface area contributed by atoms with Crippen LogP contribution < -0.4 is 10.6 Å². The fraction of sp³-hybridized carbons (Fsp3) is 0.238. The van der Waals surface area contributed by atoms with E-state index in [0.29, 0.717) is 0 Å². The van der Waals surface area contributed by atoms with E-state index in [2.05, 4.69) is 10.6 Å². The van der Waals surface area contributed by atoms with Crippen LogP contribution in [0.25, 0.3) is 0 Å². The van der Waals surface area contributed by atoms with Crippen LogP contribution in [0.1, 0.15) is 24.0 Å². The molecular formula is C21H18N2O6. The number of hydrogen-bond donors (Lipinski definition) is 4. The first-order valence-corrected chi connectivity index (χ1v) is 9.00. The number of nitrogens with one attached hydrogen (secondary N) is 2. The Morgan fingerprint density at radius 3 is 1.28 bits per heavy atom. The lowest BCUT2D eigenvalue weighted by Crippen LogP contribution is -2.70. The number of hydrogen-bond acceptors (Lipinski definition) is 6. The van der Waals surface area contributed by atoms with Gasteiger partial charge in [-0.1, -0.05) is 60.7 Å². The van der Waals surface area contributed by atoms with Crippen LogP contribution in [-0.2, 0) is 24.6 Å². The van der Waals surface area contributed by atoms with Gasteiger partial charge in [-0.05, 0) is 11.1 Å². The van der Waals surface area contributed by atoms with Crippen molar-refractivity contribution >= 4 is 23.6 Å². The number of imide groups is 2. The second-order valence-electron chi connectivity index (χ2n) is 7.31. The van der Waals surface area contributed by atoms with E-state index >= 15 is 0 Å². The van der Waals surface area contributed by atoms with Crippen LogP contribution >= 0.6 is 0 Å². The van der Waals surface area contributed by atoms with Crippen LogP contribution in [0.15, 0.2) is 60.7 Å². The van der Waals surface area contributed by atoms with Crippen molar-refractivity contribution in [3.8, 4) is 0 Å². The predicted molar refractivity (Wildman–Crippen MR) is 99.1 cm³/mol. The lowest BCUT2D eigenvalue weighted by Gasteiger charge is -2.50. The van der Waals surface area contributed by atoms with Gasteiger partial charge in [0.1, 0.15) is 0 Å². The molecule has 2 aliphatic rings. The molecule has 0 aliphatic carbocycles. The van der Waals surface area contributed by atoms with E-state index in [9.17, 15) is 29.4 Å². The predicted octanol–water partition coefficient (Wildman–Crippen LogP) is -0.472. The van der Waals surface area contributed by atoms with Crippen molar-refractivity contribution in [3.05, 3.63) is 71.8 Å². The molecule has 4 amide bonds. The summed E-state index contributed by atoms with van der Waals surface area (Å²) in [7, 11) is 0. The summed E-state index contributed by atoms with van der Waals surface area (Å²) in [6.07, 6.45) is -1.36. The number of aliphatic hydroxyl groups is 2. The number of amides is 4. The van der Waals surface area contributed by atoms with E-state index in [1.165, 1.54) is 24.3 Å². The molecule has 2 aromatic carbocycles. The quantitative estimate of drug-likeness (QED) is 0.518. The minimum atomic E-state index is -2.52. The van der Waals surface area contributed by atoms with E-state index in [0.717, 1.165) is 0 Å². The molecule has 2 unspecified atom stereocenters. The van der Waals surface area contributed by atoms with Gasteiger partial charge in [0, 0.05) is 0 Å². The molecule has 29 heavy (non-hydrogen) atoms. The average molecular weight is 394 g/mol. The standard InChI is InChI=1S/C21H18N2O6/c24-15-11-19(28,17(26)22-15)21(13-7-3-1-4-8-13,14-9-5-2-6-10-14)20(29)12-16(25)23-18(20)27/h1-10,28-29H,11-12H2,(H,22,24,26)(H,23,25,27). The van der Waals surface area contributed by atoms with Crippen LogP contribution in [0.2, 0.25) is 0 Å². The van der Waals surface area contributed by atoms with Gasteiger partial charge in [-0.2, -0.15) is 0 Å². The second-order valence-corrected chi connectivity index (χ2v) is 7.31. The number of carbonyl (C=O) groups is 4. The van der Waals surface area contributed by atoms with E-state index in [1.54, 1.807) is 36.4 Å². The van der Waals surface area contributed by atoms with E-state index < -0.39 is 53.1 Å². The number of benzene rings is 2. The zero-order valence-corrected chi connectivity index (χ0v) is 15.2. The van der Waals surface area contributed by atoms with Crippen LogP contribution in [0.5, 0.6) is 0 Å². The first-order valence-electron chi connectivity index (χ1n) is 9.00. The minimum Gasteiger partial charge on any atom is -0.378 e.